The van der Waals surface area contributed by atoms with Crippen molar-refractivity contribution in [1.82, 2.24) is 30.0 Å². The number of carbonyl (C=O) groups is 1. The van der Waals surface area contributed by atoms with Crippen molar-refractivity contribution < 1.29 is 9.53 Å². The minimum atomic E-state index is -0.388. The predicted octanol–water partition coefficient (Wildman–Crippen LogP) is 1.58. The van der Waals surface area contributed by atoms with Crippen molar-refractivity contribution in [3.05, 3.63) is 29.8 Å². The van der Waals surface area contributed by atoms with Crippen LogP contribution >= 0.6 is 0 Å². The SMILES string of the molecule is CCc1nc(NC(=O)NCc2nc3ccc(OC)cc3[nH]2)nn1C. The van der Waals surface area contributed by atoms with Gasteiger partial charge in [0.2, 0.25) is 5.95 Å². The van der Waals surface area contributed by atoms with Gasteiger partial charge in [0.05, 0.1) is 24.7 Å². The number of nitrogens with zero attached hydrogens (tertiary/aromatic N) is 4. The van der Waals surface area contributed by atoms with E-state index in [4.69, 9.17) is 4.74 Å². The maximum atomic E-state index is 11.9. The van der Waals surface area contributed by atoms with Crippen molar-refractivity contribution in [2.75, 3.05) is 12.4 Å². The Hall–Kier alpha value is -3.10. The van der Waals surface area contributed by atoms with Crippen molar-refractivity contribution in [1.29, 1.82) is 0 Å². The number of rotatable bonds is 5. The zero-order chi connectivity index (χ0) is 17.1. The molecule has 0 unspecified atom stereocenters. The number of aromatic amines is 1. The van der Waals surface area contributed by atoms with Gasteiger partial charge in [0.25, 0.3) is 0 Å². The zero-order valence-electron chi connectivity index (χ0n) is 13.8. The summed E-state index contributed by atoms with van der Waals surface area (Å²) in [5, 5.41) is 9.45. The molecule has 2 aromatic heterocycles. The number of nitrogens with one attached hydrogen (secondary N) is 3. The molecule has 2 amide bonds. The quantitative estimate of drug-likeness (QED) is 0.658. The Balaban J connectivity index is 1.61. The molecule has 0 bridgehead atoms. The van der Waals surface area contributed by atoms with Crippen LogP contribution in [0.15, 0.2) is 18.2 Å². The molecule has 1 aromatic carbocycles. The molecule has 0 aliphatic heterocycles. The molecule has 3 N–H and O–H groups in total. The lowest BCUT2D eigenvalue weighted by molar-refractivity contribution is 0.251. The van der Waals surface area contributed by atoms with Gasteiger partial charge in [0.1, 0.15) is 17.4 Å². The van der Waals surface area contributed by atoms with Crippen LogP contribution in [0.2, 0.25) is 0 Å². The van der Waals surface area contributed by atoms with Gasteiger partial charge in [-0.05, 0) is 12.1 Å². The van der Waals surface area contributed by atoms with Gasteiger partial charge in [0, 0.05) is 19.5 Å². The summed E-state index contributed by atoms with van der Waals surface area (Å²) < 4.78 is 6.81. The molecule has 0 radical (unpaired) electrons. The van der Waals surface area contributed by atoms with Gasteiger partial charge in [-0.3, -0.25) is 10.00 Å². The molecule has 0 saturated carbocycles. The molecule has 9 heteroatoms. The summed E-state index contributed by atoms with van der Waals surface area (Å²) in [7, 11) is 3.40. The lowest BCUT2D eigenvalue weighted by Crippen LogP contribution is -2.29. The fourth-order valence-corrected chi connectivity index (χ4v) is 2.34. The third-order valence-corrected chi connectivity index (χ3v) is 3.55. The third-order valence-electron chi connectivity index (χ3n) is 3.55. The van der Waals surface area contributed by atoms with Gasteiger partial charge < -0.3 is 15.0 Å². The Labute approximate surface area is 138 Å². The fraction of sp³-hybridized carbons (Fsp3) is 0.333. The summed E-state index contributed by atoms with van der Waals surface area (Å²) >= 11 is 0. The topological polar surface area (TPSA) is 110 Å². The van der Waals surface area contributed by atoms with Crippen LogP contribution in [-0.2, 0) is 20.0 Å². The standard InChI is InChI=1S/C15H19N7O2/c1-4-13-19-14(21-22(13)2)20-15(23)16-8-12-17-10-6-5-9(24-3)7-11(10)18-12/h5-7H,4,8H2,1-3H3,(H,17,18)(H2,16,20,21,23). The zero-order valence-corrected chi connectivity index (χ0v) is 13.8. The van der Waals surface area contributed by atoms with E-state index in [1.807, 2.05) is 25.1 Å². The molecule has 0 atom stereocenters. The number of H-pyrrole nitrogens is 1. The number of methoxy groups -OCH3 is 1. The average molecular weight is 329 g/mol. The molecule has 3 rings (SSSR count). The number of hydrogen-bond acceptors (Lipinski definition) is 5. The second-order valence-corrected chi connectivity index (χ2v) is 5.20. The van der Waals surface area contributed by atoms with Crippen LogP contribution in [0.5, 0.6) is 5.75 Å². The van der Waals surface area contributed by atoms with Gasteiger partial charge in [0.15, 0.2) is 0 Å². The highest BCUT2D eigenvalue weighted by molar-refractivity contribution is 5.87. The van der Waals surface area contributed by atoms with Crippen molar-refractivity contribution >= 4 is 23.0 Å². The van der Waals surface area contributed by atoms with Gasteiger partial charge >= 0.3 is 6.03 Å². The van der Waals surface area contributed by atoms with Gasteiger partial charge in [-0.25, -0.2) is 9.78 Å². The van der Waals surface area contributed by atoms with Crippen LogP contribution in [0.25, 0.3) is 11.0 Å². The molecular weight excluding hydrogens is 310 g/mol. The summed E-state index contributed by atoms with van der Waals surface area (Å²) in [4.78, 5) is 23.7. The highest BCUT2D eigenvalue weighted by atomic mass is 16.5. The van der Waals surface area contributed by atoms with Gasteiger partial charge in [-0.1, -0.05) is 6.92 Å². The first-order chi connectivity index (χ1) is 11.6. The molecule has 9 nitrogen and oxygen atoms in total. The van der Waals surface area contributed by atoms with Crippen LogP contribution in [0.4, 0.5) is 10.7 Å². The average Bonchev–Trinajstić information content (AvgIpc) is 3.14. The molecule has 3 aromatic rings. The monoisotopic (exact) mass is 329 g/mol. The number of anilines is 1. The first kappa shape index (κ1) is 15.8. The summed E-state index contributed by atoms with van der Waals surface area (Å²) in [5.74, 6) is 2.48. The number of ether oxygens (including phenoxy) is 1. The van der Waals surface area contributed by atoms with Crippen LogP contribution in [0.3, 0.4) is 0 Å². The Morgan fingerprint density at radius 3 is 2.92 bits per heavy atom. The minimum absolute atomic E-state index is 0.260. The molecule has 0 spiro atoms. The molecule has 0 aliphatic carbocycles. The molecule has 0 fully saturated rings. The number of benzene rings is 1. The third kappa shape index (κ3) is 3.29. The molecule has 0 saturated heterocycles. The van der Waals surface area contributed by atoms with Crippen molar-refractivity contribution in [2.45, 2.75) is 19.9 Å². The first-order valence-corrected chi connectivity index (χ1v) is 7.56. The van der Waals surface area contributed by atoms with E-state index in [0.29, 0.717) is 5.82 Å². The largest absolute Gasteiger partial charge is 0.497 e. The van der Waals surface area contributed by atoms with Gasteiger partial charge in [-0.2, -0.15) is 4.98 Å². The lowest BCUT2D eigenvalue weighted by atomic mass is 10.3. The van der Waals surface area contributed by atoms with Crippen LogP contribution in [0.1, 0.15) is 18.6 Å². The van der Waals surface area contributed by atoms with Crippen LogP contribution in [0, 0.1) is 0 Å². The summed E-state index contributed by atoms with van der Waals surface area (Å²) in [6, 6.07) is 5.17. The predicted molar refractivity (Wildman–Crippen MR) is 88.9 cm³/mol. The minimum Gasteiger partial charge on any atom is -0.497 e. The van der Waals surface area contributed by atoms with Crippen molar-refractivity contribution in [3.63, 3.8) is 0 Å². The summed E-state index contributed by atoms with van der Waals surface area (Å²) in [5.41, 5.74) is 1.66. The van der Waals surface area contributed by atoms with Crippen molar-refractivity contribution in [2.24, 2.45) is 7.05 Å². The van der Waals surface area contributed by atoms with Crippen LogP contribution < -0.4 is 15.4 Å². The number of fused-ring (bicyclic) bond motifs is 1. The van der Waals surface area contributed by atoms with E-state index < -0.39 is 0 Å². The first-order valence-electron chi connectivity index (χ1n) is 7.56. The summed E-state index contributed by atoms with van der Waals surface area (Å²) in [6.45, 7) is 2.24. The van der Waals surface area contributed by atoms with Crippen LogP contribution in [-0.4, -0.2) is 37.9 Å². The van der Waals surface area contributed by atoms with E-state index in [1.54, 1.807) is 18.8 Å². The molecule has 24 heavy (non-hydrogen) atoms. The Morgan fingerprint density at radius 2 is 2.21 bits per heavy atom. The van der Waals surface area contributed by atoms with E-state index >= 15 is 0 Å². The van der Waals surface area contributed by atoms with E-state index in [2.05, 4.69) is 30.7 Å². The number of amides is 2. The smallest absolute Gasteiger partial charge is 0.322 e. The molecule has 2 heterocycles. The van der Waals surface area contributed by atoms with E-state index in [1.165, 1.54) is 0 Å². The van der Waals surface area contributed by atoms with E-state index in [-0.39, 0.29) is 18.5 Å². The Morgan fingerprint density at radius 1 is 1.38 bits per heavy atom. The number of carbonyl (C=O) groups excluding carboxylic acids is 1. The normalized spacial score (nSPS) is 10.8. The molecule has 0 aliphatic rings. The fourth-order valence-electron chi connectivity index (χ4n) is 2.34. The maximum absolute atomic E-state index is 11.9. The Bertz CT molecular complexity index is 868. The number of hydrogen-bond donors (Lipinski definition) is 3. The second-order valence-electron chi connectivity index (χ2n) is 5.20. The van der Waals surface area contributed by atoms with E-state index in [0.717, 1.165) is 29.0 Å². The van der Waals surface area contributed by atoms with E-state index in [9.17, 15) is 4.79 Å². The number of aromatic nitrogens is 5. The lowest BCUT2D eigenvalue weighted by Gasteiger charge is -2.02. The second kappa shape index (κ2) is 6.57. The molecular formula is C15H19N7O2. The van der Waals surface area contributed by atoms with Crippen molar-refractivity contribution in [3.8, 4) is 5.75 Å². The highest BCUT2D eigenvalue weighted by Crippen LogP contribution is 2.18. The van der Waals surface area contributed by atoms with Gasteiger partial charge in [-0.15, -0.1) is 5.10 Å². The molecule has 126 valence electrons. The number of urea groups is 1. The number of aryl methyl sites for hydroxylation is 2. The summed E-state index contributed by atoms with van der Waals surface area (Å²) in [6.07, 6.45) is 0.745. The number of imidazole rings is 1. The Kier molecular flexibility index (Phi) is 4.32. The highest BCUT2D eigenvalue weighted by Gasteiger charge is 2.10. The maximum Gasteiger partial charge on any atom is 0.322 e.